The fourth-order valence-corrected chi connectivity index (χ4v) is 2.78. The number of halogens is 5. The van der Waals surface area contributed by atoms with Crippen LogP contribution < -0.4 is 5.32 Å². The van der Waals surface area contributed by atoms with Crippen LogP contribution in [-0.2, 0) is 30.4 Å². The van der Waals surface area contributed by atoms with E-state index in [1.54, 1.807) is 0 Å². The van der Waals surface area contributed by atoms with Gasteiger partial charge in [0.05, 0.1) is 5.69 Å². The number of carbonyl (C=O) groups excluding carboxylic acids is 1. The molecular weight excluding hydrogens is 333 g/mol. The Hall–Kier alpha value is -2.45. The standard InChI is InChI=1S/C15H12F5N3O/c16-8-4-5-11(10(17)6-8)21-13(24)7-23-12-3-1-2-9(12)14(22-23)15(18,19)20/h4-6H,1-3,7H2,(H,21,24). The van der Waals surface area contributed by atoms with Gasteiger partial charge in [-0.3, -0.25) is 9.48 Å². The summed E-state index contributed by atoms with van der Waals surface area (Å²) in [7, 11) is 0. The molecule has 1 aliphatic rings. The van der Waals surface area contributed by atoms with Gasteiger partial charge in [-0.2, -0.15) is 18.3 Å². The number of nitrogens with zero attached hydrogens (tertiary/aromatic N) is 2. The summed E-state index contributed by atoms with van der Waals surface area (Å²) in [4.78, 5) is 12.0. The molecule has 0 spiro atoms. The molecule has 2 aromatic rings. The van der Waals surface area contributed by atoms with Gasteiger partial charge in [-0.1, -0.05) is 0 Å². The summed E-state index contributed by atoms with van der Waals surface area (Å²) in [5.74, 6) is -2.51. The van der Waals surface area contributed by atoms with Crippen molar-refractivity contribution >= 4 is 11.6 Å². The molecule has 1 amide bonds. The molecule has 3 rings (SSSR count). The summed E-state index contributed by atoms with van der Waals surface area (Å²) in [5.41, 5.74) is -0.739. The average molecular weight is 345 g/mol. The van der Waals surface area contributed by atoms with Crippen LogP contribution in [0.1, 0.15) is 23.4 Å². The number of carbonyl (C=O) groups is 1. The fraction of sp³-hybridized carbons (Fsp3) is 0.333. The zero-order valence-electron chi connectivity index (χ0n) is 12.3. The maximum absolute atomic E-state index is 13.5. The Morgan fingerprint density at radius 2 is 2.00 bits per heavy atom. The third-order valence-corrected chi connectivity index (χ3v) is 3.77. The Morgan fingerprint density at radius 3 is 2.67 bits per heavy atom. The Labute approximate surface area is 133 Å². The summed E-state index contributed by atoms with van der Waals surface area (Å²) in [6.07, 6.45) is -3.36. The third-order valence-electron chi connectivity index (χ3n) is 3.77. The van der Waals surface area contributed by atoms with Gasteiger partial charge in [0.15, 0.2) is 5.69 Å². The van der Waals surface area contributed by atoms with Gasteiger partial charge >= 0.3 is 6.18 Å². The molecule has 0 atom stereocenters. The minimum absolute atomic E-state index is 0.114. The van der Waals surface area contributed by atoms with Crippen LogP contribution in [0, 0.1) is 11.6 Å². The van der Waals surface area contributed by atoms with Gasteiger partial charge in [-0.05, 0) is 31.4 Å². The van der Waals surface area contributed by atoms with E-state index in [9.17, 15) is 26.7 Å². The molecule has 1 aromatic heterocycles. The minimum Gasteiger partial charge on any atom is -0.322 e. The smallest absolute Gasteiger partial charge is 0.322 e. The predicted octanol–water partition coefficient (Wildman–Crippen LogP) is 3.31. The van der Waals surface area contributed by atoms with Gasteiger partial charge in [0, 0.05) is 17.3 Å². The largest absolute Gasteiger partial charge is 0.435 e. The number of hydrogen-bond acceptors (Lipinski definition) is 2. The number of rotatable bonds is 3. The van der Waals surface area contributed by atoms with Crippen LogP contribution >= 0.6 is 0 Å². The first kappa shape index (κ1) is 16.4. The minimum atomic E-state index is -4.58. The first-order chi connectivity index (χ1) is 11.3. The molecule has 24 heavy (non-hydrogen) atoms. The van der Waals surface area contributed by atoms with Crippen LogP contribution in [-0.4, -0.2) is 15.7 Å². The predicted molar refractivity (Wildman–Crippen MR) is 74.2 cm³/mol. The van der Waals surface area contributed by atoms with Crippen molar-refractivity contribution in [2.75, 3.05) is 5.32 Å². The maximum Gasteiger partial charge on any atom is 0.435 e. The van der Waals surface area contributed by atoms with E-state index in [4.69, 9.17) is 0 Å². The second-order valence-corrected chi connectivity index (χ2v) is 5.46. The highest BCUT2D eigenvalue weighted by molar-refractivity contribution is 5.90. The lowest BCUT2D eigenvalue weighted by Crippen LogP contribution is -2.22. The zero-order valence-corrected chi connectivity index (χ0v) is 12.3. The number of hydrogen-bond donors (Lipinski definition) is 1. The normalized spacial score (nSPS) is 13.9. The van der Waals surface area contributed by atoms with E-state index in [0.29, 0.717) is 24.6 Å². The maximum atomic E-state index is 13.5. The highest BCUT2D eigenvalue weighted by Crippen LogP contribution is 2.36. The number of fused-ring (bicyclic) bond motifs is 1. The molecule has 0 saturated heterocycles. The van der Waals surface area contributed by atoms with Crippen molar-refractivity contribution in [2.45, 2.75) is 32.0 Å². The first-order valence-electron chi connectivity index (χ1n) is 7.16. The number of aromatic nitrogens is 2. The molecule has 9 heteroatoms. The highest BCUT2D eigenvalue weighted by Gasteiger charge is 2.40. The van der Waals surface area contributed by atoms with Gasteiger partial charge in [-0.25, -0.2) is 8.78 Å². The summed E-state index contributed by atoms with van der Waals surface area (Å²) in [6.45, 7) is -0.477. The number of nitrogens with one attached hydrogen (secondary N) is 1. The van der Waals surface area contributed by atoms with E-state index in [1.807, 2.05) is 0 Å². The fourth-order valence-electron chi connectivity index (χ4n) is 2.78. The molecule has 1 aliphatic carbocycles. The van der Waals surface area contributed by atoms with Crippen LogP contribution in [0.25, 0.3) is 0 Å². The number of alkyl halides is 3. The van der Waals surface area contributed by atoms with E-state index in [-0.39, 0.29) is 17.7 Å². The zero-order chi connectivity index (χ0) is 17.5. The number of anilines is 1. The van der Waals surface area contributed by atoms with Gasteiger partial charge in [0.2, 0.25) is 5.91 Å². The lowest BCUT2D eigenvalue weighted by molar-refractivity contribution is -0.142. The van der Waals surface area contributed by atoms with Crippen molar-refractivity contribution < 1.29 is 26.7 Å². The Balaban J connectivity index is 1.80. The van der Waals surface area contributed by atoms with Crippen LogP contribution in [0.3, 0.4) is 0 Å². The summed E-state index contributed by atoms with van der Waals surface area (Å²) >= 11 is 0. The molecule has 4 nitrogen and oxygen atoms in total. The quantitative estimate of drug-likeness (QED) is 0.868. The lowest BCUT2D eigenvalue weighted by Gasteiger charge is -2.08. The monoisotopic (exact) mass is 345 g/mol. The topological polar surface area (TPSA) is 46.9 Å². The van der Waals surface area contributed by atoms with Crippen LogP contribution in [0.5, 0.6) is 0 Å². The molecule has 0 saturated carbocycles. The van der Waals surface area contributed by atoms with E-state index >= 15 is 0 Å². The molecular formula is C15H12F5N3O. The molecule has 0 fully saturated rings. The van der Waals surface area contributed by atoms with Crippen LogP contribution in [0.4, 0.5) is 27.6 Å². The van der Waals surface area contributed by atoms with Crippen molar-refractivity contribution in [3.8, 4) is 0 Å². The average Bonchev–Trinajstić information content (AvgIpc) is 3.05. The SMILES string of the molecule is O=C(Cn1nc(C(F)(F)F)c2c1CCC2)Nc1ccc(F)cc1F. The number of amides is 1. The second-order valence-electron chi connectivity index (χ2n) is 5.46. The van der Waals surface area contributed by atoms with E-state index in [2.05, 4.69) is 10.4 Å². The van der Waals surface area contributed by atoms with Crippen molar-refractivity contribution in [1.29, 1.82) is 0 Å². The van der Waals surface area contributed by atoms with Crippen LogP contribution in [0.15, 0.2) is 18.2 Å². The van der Waals surface area contributed by atoms with Gasteiger partial charge in [-0.15, -0.1) is 0 Å². The van der Waals surface area contributed by atoms with Crippen molar-refractivity contribution in [1.82, 2.24) is 9.78 Å². The second kappa shape index (κ2) is 5.88. The third kappa shape index (κ3) is 3.10. The van der Waals surface area contributed by atoms with Crippen molar-refractivity contribution in [3.05, 3.63) is 46.8 Å². The summed E-state index contributed by atoms with van der Waals surface area (Å²) < 4.78 is 66.2. The molecule has 0 bridgehead atoms. The van der Waals surface area contributed by atoms with Crippen molar-refractivity contribution in [3.63, 3.8) is 0 Å². The lowest BCUT2D eigenvalue weighted by atomic mass is 10.2. The molecule has 0 unspecified atom stereocenters. The first-order valence-corrected chi connectivity index (χ1v) is 7.16. The van der Waals surface area contributed by atoms with E-state index in [1.165, 1.54) is 0 Å². The Kier molecular flexibility index (Phi) is 4.02. The number of benzene rings is 1. The summed E-state index contributed by atoms with van der Waals surface area (Å²) in [6, 6.07) is 2.60. The highest BCUT2D eigenvalue weighted by atomic mass is 19.4. The Bertz CT molecular complexity index is 797. The van der Waals surface area contributed by atoms with Crippen molar-refractivity contribution in [2.24, 2.45) is 0 Å². The van der Waals surface area contributed by atoms with E-state index < -0.39 is 36.0 Å². The molecule has 1 N–H and O–H groups in total. The van der Waals surface area contributed by atoms with Gasteiger partial charge < -0.3 is 5.32 Å². The molecule has 0 aliphatic heterocycles. The van der Waals surface area contributed by atoms with Gasteiger partial charge in [0.1, 0.15) is 18.2 Å². The summed E-state index contributed by atoms with van der Waals surface area (Å²) in [5, 5.41) is 5.70. The van der Waals surface area contributed by atoms with Crippen LogP contribution in [0.2, 0.25) is 0 Å². The molecule has 0 radical (unpaired) electrons. The molecule has 1 aromatic carbocycles. The molecule has 1 heterocycles. The Morgan fingerprint density at radius 1 is 1.25 bits per heavy atom. The molecule has 128 valence electrons. The van der Waals surface area contributed by atoms with E-state index in [0.717, 1.165) is 16.8 Å². The van der Waals surface area contributed by atoms with Gasteiger partial charge in [0.25, 0.3) is 0 Å².